The normalized spacial score (nSPS) is 11.4. The van der Waals surface area contributed by atoms with Crippen LogP contribution in [0.1, 0.15) is 23.7 Å². The van der Waals surface area contributed by atoms with Gasteiger partial charge >= 0.3 is 0 Å². The van der Waals surface area contributed by atoms with Crippen LogP contribution in [0.4, 0.5) is 11.4 Å². The highest BCUT2D eigenvalue weighted by Gasteiger charge is 2.20. The molecule has 0 aromatic heterocycles. The molecule has 0 radical (unpaired) electrons. The summed E-state index contributed by atoms with van der Waals surface area (Å²) in [4.78, 5) is 26.6. The molecule has 0 saturated heterocycles. The lowest BCUT2D eigenvalue weighted by atomic mass is 10.1. The second-order valence-electron chi connectivity index (χ2n) is 7.03. The Labute approximate surface area is 202 Å². The van der Waals surface area contributed by atoms with Crippen LogP contribution in [-0.4, -0.2) is 31.3 Å². The number of rotatable bonds is 9. The molecule has 0 bridgehead atoms. The minimum Gasteiger partial charge on any atom is -0.496 e. The Balaban J connectivity index is 1.72. The number of methoxy groups -OCH3 is 2. The number of anilines is 2. The molecule has 3 aromatic carbocycles. The zero-order valence-corrected chi connectivity index (χ0v) is 20.1. The molecule has 8 heteroatoms. The number of ether oxygens (including phenoxy) is 2. The zero-order valence-electron chi connectivity index (χ0n) is 18.6. The maximum atomic E-state index is 12.9. The first kappa shape index (κ1) is 24.5. The summed E-state index contributed by atoms with van der Waals surface area (Å²) in [6, 6.07) is 19.5. The first-order chi connectivity index (χ1) is 15.9. The number of hydrogen-bond acceptors (Lipinski definition) is 5. The monoisotopic (exact) mass is 484 g/mol. The number of carbonyl (C=O) groups is 2. The lowest BCUT2D eigenvalue weighted by molar-refractivity contribution is -0.115. The van der Waals surface area contributed by atoms with Gasteiger partial charge in [-0.3, -0.25) is 9.59 Å². The van der Waals surface area contributed by atoms with Crippen molar-refractivity contribution < 1.29 is 19.1 Å². The van der Waals surface area contributed by atoms with Gasteiger partial charge in [0.2, 0.25) is 5.91 Å². The van der Waals surface area contributed by atoms with Crippen molar-refractivity contribution in [3.8, 4) is 11.5 Å². The van der Waals surface area contributed by atoms with Crippen LogP contribution in [0.15, 0.2) is 71.6 Å². The van der Waals surface area contributed by atoms with Crippen LogP contribution < -0.4 is 20.1 Å². The molecule has 0 saturated carbocycles. The van der Waals surface area contributed by atoms with E-state index in [4.69, 9.17) is 21.1 Å². The molecule has 0 aliphatic heterocycles. The Morgan fingerprint density at radius 3 is 2.15 bits per heavy atom. The van der Waals surface area contributed by atoms with E-state index in [9.17, 15) is 9.59 Å². The van der Waals surface area contributed by atoms with Crippen molar-refractivity contribution in [1.82, 2.24) is 0 Å². The van der Waals surface area contributed by atoms with E-state index in [1.165, 1.54) is 26.0 Å². The third kappa shape index (κ3) is 6.43. The molecule has 3 rings (SSSR count). The van der Waals surface area contributed by atoms with E-state index in [1.54, 1.807) is 48.5 Å². The summed E-state index contributed by atoms with van der Waals surface area (Å²) in [6.07, 6.45) is 0.638. The van der Waals surface area contributed by atoms with Gasteiger partial charge in [0.1, 0.15) is 17.1 Å². The Kier molecular flexibility index (Phi) is 8.63. The predicted molar refractivity (Wildman–Crippen MR) is 134 cm³/mol. The summed E-state index contributed by atoms with van der Waals surface area (Å²) in [7, 11) is 3.01. The van der Waals surface area contributed by atoms with Crippen LogP contribution in [0, 0.1) is 0 Å². The molecule has 1 atom stereocenters. The Morgan fingerprint density at radius 1 is 0.909 bits per heavy atom. The first-order valence-electron chi connectivity index (χ1n) is 10.3. The maximum absolute atomic E-state index is 12.9. The van der Waals surface area contributed by atoms with Crippen molar-refractivity contribution in [2.75, 3.05) is 24.9 Å². The van der Waals surface area contributed by atoms with Crippen LogP contribution >= 0.6 is 23.4 Å². The quantitative estimate of drug-likeness (QED) is 0.358. The fourth-order valence-corrected chi connectivity index (χ4v) is 4.30. The molecule has 2 amide bonds. The fourth-order valence-electron chi connectivity index (χ4n) is 3.16. The number of benzene rings is 3. The number of thioether (sulfide) groups is 1. The van der Waals surface area contributed by atoms with E-state index in [0.717, 1.165) is 4.90 Å². The van der Waals surface area contributed by atoms with Gasteiger partial charge in [0.15, 0.2) is 0 Å². The summed E-state index contributed by atoms with van der Waals surface area (Å²) in [5, 5.41) is 6.11. The van der Waals surface area contributed by atoms with E-state index in [-0.39, 0.29) is 17.1 Å². The predicted octanol–water partition coefficient (Wildman–Crippen LogP) is 6.12. The molecule has 0 fully saturated rings. The Hall–Kier alpha value is -3.16. The number of amides is 2. The van der Waals surface area contributed by atoms with Crippen molar-refractivity contribution in [2.24, 2.45) is 0 Å². The molecule has 0 heterocycles. The smallest absolute Gasteiger partial charge is 0.263 e. The molecule has 0 aliphatic rings. The molecule has 1 unspecified atom stereocenters. The number of carbonyl (C=O) groups excluding carboxylic acids is 2. The average Bonchev–Trinajstić information content (AvgIpc) is 2.83. The highest BCUT2D eigenvalue weighted by molar-refractivity contribution is 8.00. The van der Waals surface area contributed by atoms with Gasteiger partial charge in [0.05, 0.1) is 19.5 Å². The Morgan fingerprint density at radius 2 is 1.55 bits per heavy atom. The van der Waals surface area contributed by atoms with E-state index >= 15 is 0 Å². The molecular formula is C25H25ClN2O4S. The standard InChI is InChI=1S/C25H25ClN2O4S/c1-4-22(24(29)27-17-13-11-16(26)12-14-17)33-19-8-5-7-18(15-19)28-25(30)23-20(31-2)9-6-10-21(23)32-3/h5-15,22H,4H2,1-3H3,(H,27,29)(H,28,30). The van der Waals surface area contributed by atoms with Crippen LogP contribution in [0.25, 0.3) is 0 Å². The second-order valence-corrected chi connectivity index (χ2v) is 8.74. The number of hydrogen-bond donors (Lipinski definition) is 2. The van der Waals surface area contributed by atoms with E-state index in [0.29, 0.717) is 39.9 Å². The minimum absolute atomic E-state index is 0.0991. The third-order valence-corrected chi connectivity index (χ3v) is 6.41. The lowest BCUT2D eigenvalue weighted by Crippen LogP contribution is -2.24. The number of nitrogens with one attached hydrogen (secondary N) is 2. The SMILES string of the molecule is CCC(Sc1cccc(NC(=O)c2c(OC)cccc2OC)c1)C(=O)Nc1ccc(Cl)cc1. The molecule has 33 heavy (non-hydrogen) atoms. The van der Waals surface area contributed by atoms with Gasteiger partial charge in [-0.25, -0.2) is 0 Å². The van der Waals surface area contributed by atoms with Crippen LogP contribution in [0.2, 0.25) is 5.02 Å². The molecule has 0 spiro atoms. The zero-order chi connectivity index (χ0) is 23.8. The molecule has 0 aliphatic carbocycles. The van der Waals surface area contributed by atoms with E-state index < -0.39 is 0 Å². The van der Waals surface area contributed by atoms with Crippen molar-refractivity contribution in [3.05, 3.63) is 77.3 Å². The fraction of sp³-hybridized carbons (Fsp3) is 0.200. The van der Waals surface area contributed by atoms with Crippen LogP contribution in [-0.2, 0) is 4.79 Å². The largest absolute Gasteiger partial charge is 0.496 e. The molecular weight excluding hydrogens is 460 g/mol. The third-order valence-electron chi connectivity index (χ3n) is 4.80. The lowest BCUT2D eigenvalue weighted by Gasteiger charge is -2.16. The summed E-state index contributed by atoms with van der Waals surface area (Å²) < 4.78 is 10.6. The van der Waals surface area contributed by atoms with Crippen LogP contribution in [0.5, 0.6) is 11.5 Å². The first-order valence-corrected chi connectivity index (χ1v) is 11.6. The molecule has 2 N–H and O–H groups in total. The van der Waals surface area contributed by atoms with Crippen molar-refractivity contribution in [3.63, 3.8) is 0 Å². The molecule has 172 valence electrons. The van der Waals surface area contributed by atoms with E-state index in [2.05, 4.69) is 10.6 Å². The highest BCUT2D eigenvalue weighted by atomic mass is 35.5. The van der Waals surface area contributed by atoms with Gasteiger partial charge in [-0.1, -0.05) is 30.7 Å². The van der Waals surface area contributed by atoms with Crippen molar-refractivity contribution in [2.45, 2.75) is 23.5 Å². The second kappa shape index (κ2) is 11.6. The number of halogens is 1. The van der Waals surface area contributed by atoms with Crippen LogP contribution in [0.3, 0.4) is 0 Å². The van der Waals surface area contributed by atoms with Gasteiger partial charge in [-0.2, -0.15) is 0 Å². The summed E-state index contributed by atoms with van der Waals surface area (Å²) in [5.41, 5.74) is 1.61. The summed E-state index contributed by atoms with van der Waals surface area (Å²) >= 11 is 7.34. The van der Waals surface area contributed by atoms with Gasteiger partial charge in [-0.15, -0.1) is 11.8 Å². The molecule has 3 aromatic rings. The highest BCUT2D eigenvalue weighted by Crippen LogP contribution is 2.31. The Bertz CT molecular complexity index is 1100. The topological polar surface area (TPSA) is 76.7 Å². The van der Waals surface area contributed by atoms with Gasteiger partial charge in [0, 0.05) is 21.3 Å². The molecule has 6 nitrogen and oxygen atoms in total. The maximum Gasteiger partial charge on any atom is 0.263 e. The van der Waals surface area contributed by atoms with Crippen molar-refractivity contribution in [1.29, 1.82) is 0 Å². The van der Waals surface area contributed by atoms with Gasteiger partial charge in [-0.05, 0) is 61.0 Å². The van der Waals surface area contributed by atoms with E-state index in [1.807, 2.05) is 25.1 Å². The summed E-state index contributed by atoms with van der Waals surface area (Å²) in [6.45, 7) is 1.96. The van der Waals surface area contributed by atoms with Crippen molar-refractivity contribution >= 4 is 46.6 Å². The summed E-state index contributed by atoms with van der Waals surface area (Å²) in [5.74, 6) is 0.390. The van der Waals surface area contributed by atoms with Gasteiger partial charge in [0.25, 0.3) is 5.91 Å². The average molecular weight is 485 g/mol. The van der Waals surface area contributed by atoms with Gasteiger partial charge < -0.3 is 20.1 Å². The minimum atomic E-state index is -0.348.